The molecule has 94 valence electrons. The molecule has 1 unspecified atom stereocenters. The fourth-order valence-electron chi connectivity index (χ4n) is 1.44. The van der Waals surface area contributed by atoms with Gasteiger partial charge in [0.15, 0.2) is 0 Å². The van der Waals surface area contributed by atoms with Gasteiger partial charge in [0, 0.05) is 11.5 Å². The van der Waals surface area contributed by atoms with Crippen LogP contribution in [0.25, 0.3) is 0 Å². The van der Waals surface area contributed by atoms with Gasteiger partial charge < -0.3 is 5.11 Å². The van der Waals surface area contributed by atoms with Gasteiger partial charge in [0.1, 0.15) is 0 Å². The number of carboxylic acid groups (broad SMARTS) is 1. The topological polar surface area (TPSA) is 37.3 Å². The van der Waals surface area contributed by atoms with E-state index in [1.807, 2.05) is 19.9 Å². The van der Waals surface area contributed by atoms with Crippen molar-refractivity contribution in [1.29, 1.82) is 0 Å². The third kappa shape index (κ3) is 8.59. The Hall–Kier alpha value is -1.20. The van der Waals surface area contributed by atoms with Crippen molar-refractivity contribution in [2.75, 3.05) is 0 Å². The summed E-state index contributed by atoms with van der Waals surface area (Å²) in [5.74, 6) is 4.41. The molecule has 3 heteroatoms. The van der Waals surface area contributed by atoms with Crippen molar-refractivity contribution in [2.45, 2.75) is 40.0 Å². The summed E-state index contributed by atoms with van der Waals surface area (Å²) in [5, 5.41) is 9.54. The highest BCUT2D eigenvalue weighted by molar-refractivity contribution is 6.29. The molecule has 0 heterocycles. The van der Waals surface area contributed by atoms with Gasteiger partial charge in [-0.25, -0.2) is 0 Å². The van der Waals surface area contributed by atoms with Crippen LogP contribution in [0, 0.1) is 17.8 Å². The predicted octanol–water partition coefficient (Wildman–Crippen LogP) is 3.97. The van der Waals surface area contributed by atoms with Gasteiger partial charge >= 0.3 is 5.97 Å². The molecule has 0 aliphatic rings. The van der Waals surface area contributed by atoms with E-state index in [1.165, 1.54) is 0 Å². The third-order valence-corrected chi connectivity index (χ3v) is 2.35. The Labute approximate surface area is 108 Å². The van der Waals surface area contributed by atoms with Gasteiger partial charge in [-0.1, -0.05) is 29.3 Å². The zero-order valence-electron chi connectivity index (χ0n) is 10.6. The van der Waals surface area contributed by atoms with Gasteiger partial charge in [0.25, 0.3) is 0 Å². The molecule has 0 aliphatic carbocycles. The molecule has 2 nitrogen and oxygen atoms in total. The van der Waals surface area contributed by atoms with E-state index >= 15 is 0 Å². The van der Waals surface area contributed by atoms with Crippen LogP contribution in [0.15, 0.2) is 22.8 Å². The average molecular weight is 255 g/mol. The number of halogens is 1. The summed E-state index contributed by atoms with van der Waals surface area (Å²) >= 11 is 5.71. The number of allylic oxidation sites excluding steroid dienone is 3. The first-order valence-corrected chi connectivity index (χ1v) is 5.97. The molecule has 0 aromatic carbocycles. The van der Waals surface area contributed by atoms with Gasteiger partial charge in [0.2, 0.25) is 0 Å². The molecule has 0 fully saturated rings. The summed E-state index contributed by atoms with van der Waals surface area (Å²) in [6.07, 6.45) is 5.79. The van der Waals surface area contributed by atoms with Gasteiger partial charge in [-0.2, -0.15) is 0 Å². The summed E-state index contributed by atoms with van der Waals surface area (Å²) in [4.78, 5) is 11.0. The zero-order valence-corrected chi connectivity index (χ0v) is 11.3. The maximum Gasteiger partial charge on any atom is 0.310 e. The predicted molar refractivity (Wildman–Crippen MR) is 71.8 cm³/mol. The van der Waals surface area contributed by atoms with E-state index in [-0.39, 0.29) is 0 Å². The molecular formula is C14H19ClO2. The molecule has 0 aliphatic heterocycles. The molecule has 0 rings (SSSR count). The van der Waals surface area contributed by atoms with Crippen LogP contribution in [-0.4, -0.2) is 11.1 Å². The number of hydrogen-bond donors (Lipinski definition) is 1. The molecule has 0 saturated carbocycles. The Morgan fingerprint density at radius 2 is 2.12 bits per heavy atom. The SMILES string of the molecule is CC#CCC/C=C(\C)CC(C=C(C)Cl)C(=O)O. The number of unbranched alkanes of at least 4 members (excludes halogenated alkanes) is 1. The zero-order chi connectivity index (χ0) is 13.3. The number of aliphatic carboxylic acids is 1. The van der Waals surface area contributed by atoms with Crippen molar-refractivity contribution < 1.29 is 9.90 Å². The summed E-state index contributed by atoms with van der Waals surface area (Å²) in [6.45, 7) is 5.44. The third-order valence-electron chi connectivity index (χ3n) is 2.23. The summed E-state index contributed by atoms with van der Waals surface area (Å²) in [6, 6.07) is 0. The second-order valence-corrected chi connectivity index (χ2v) is 4.51. The molecule has 0 aromatic heterocycles. The largest absolute Gasteiger partial charge is 0.481 e. The maximum absolute atomic E-state index is 11.0. The van der Waals surface area contributed by atoms with Crippen molar-refractivity contribution in [3.63, 3.8) is 0 Å². The molecule has 0 aromatic rings. The highest BCUT2D eigenvalue weighted by Gasteiger charge is 2.14. The quantitative estimate of drug-likeness (QED) is 0.442. The van der Waals surface area contributed by atoms with E-state index in [2.05, 4.69) is 11.8 Å². The Balaban J connectivity index is 4.38. The molecule has 0 radical (unpaired) electrons. The monoisotopic (exact) mass is 254 g/mol. The molecule has 0 spiro atoms. The number of carboxylic acids is 1. The molecule has 0 amide bonds. The van der Waals surface area contributed by atoms with Crippen molar-refractivity contribution in [2.24, 2.45) is 5.92 Å². The van der Waals surface area contributed by atoms with Crippen molar-refractivity contribution in [3.05, 3.63) is 22.8 Å². The van der Waals surface area contributed by atoms with Crippen molar-refractivity contribution in [1.82, 2.24) is 0 Å². The summed E-state index contributed by atoms with van der Waals surface area (Å²) in [5.41, 5.74) is 1.06. The van der Waals surface area contributed by atoms with E-state index in [0.717, 1.165) is 18.4 Å². The highest BCUT2D eigenvalue weighted by Crippen LogP contribution is 2.17. The van der Waals surface area contributed by atoms with E-state index < -0.39 is 11.9 Å². The van der Waals surface area contributed by atoms with E-state index in [1.54, 1.807) is 13.0 Å². The van der Waals surface area contributed by atoms with E-state index in [9.17, 15) is 4.79 Å². The van der Waals surface area contributed by atoms with Crippen molar-refractivity contribution in [3.8, 4) is 11.8 Å². The minimum atomic E-state index is -0.842. The van der Waals surface area contributed by atoms with Gasteiger partial charge in [-0.15, -0.1) is 11.8 Å². The van der Waals surface area contributed by atoms with Crippen LogP contribution < -0.4 is 0 Å². The highest BCUT2D eigenvalue weighted by atomic mass is 35.5. The van der Waals surface area contributed by atoms with Crippen LogP contribution >= 0.6 is 11.6 Å². The minimum absolute atomic E-state index is 0.499. The number of hydrogen-bond acceptors (Lipinski definition) is 1. The number of carbonyl (C=O) groups is 1. The van der Waals surface area contributed by atoms with E-state index in [4.69, 9.17) is 16.7 Å². The molecule has 1 N–H and O–H groups in total. The first-order valence-electron chi connectivity index (χ1n) is 5.59. The summed E-state index contributed by atoms with van der Waals surface area (Å²) < 4.78 is 0. The Bertz CT molecular complexity index is 365. The van der Waals surface area contributed by atoms with Crippen LogP contribution in [-0.2, 0) is 4.79 Å². The Morgan fingerprint density at radius 3 is 2.59 bits per heavy atom. The first-order chi connectivity index (χ1) is 7.97. The first kappa shape index (κ1) is 15.8. The van der Waals surface area contributed by atoms with Gasteiger partial charge in [-0.3, -0.25) is 4.79 Å². The normalized spacial score (nSPS) is 13.9. The van der Waals surface area contributed by atoms with Crippen LogP contribution in [0.5, 0.6) is 0 Å². The van der Waals surface area contributed by atoms with E-state index in [0.29, 0.717) is 11.5 Å². The van der Waals surface area contributed by atoms with Crippen LogP contribution in [0.3, 0.4) is 0 Å². The molecule has 0 bridgehead atoms. The van der Waals surface area contributed by atoms with Crippen molar-refractivity contribution >= 4 is 17.6 Å². The molecule has 0 saturated heterocycles. The Kier molecular flexibility index (Phi) is 8.27. The second-order valence-electron chi connectivity index (χ2n) is 3.92. The summed E-state index contributed by atoms with van der Waals surface area (Å²) in [7, 11) is 0. The standard InChI is InChI=1S/C14H19ClO2/c1-4-5-6-7-8-11(2)9-13(14(16)17)10-12(3)15/h8,10,13H,6-7,9H2,1-3H3,(H,16,17)/b11-8+,12-10?. The lowest BCUT2D eigenvalue weighted by molar-refractivity contribution is -0.140. The number of rotatable bonds is 6. The molecule has 1 atom stereocenters. The van der Waals surface area contributed by atoms with Gasteiger partial charge in [0.05, 0.1) is 5.92 Å². The molecular weight excluding hydrogens is 236 g/mol. The van der Waals surface area contributed by atoms with Crippen LogP contribution in [0.2, 0.25) is 0 Å². The lowest BCUT2D eigenvalue weighted by atomic mass is 9.99. The lowest BCUT2D eigenvalue weighted by Gasteiger charge is -2.08. The smallest absolute Gasteiger partial charge is 0.310 e. The average Bonchev–Trinajstić information content (AvgIpc) is 2.22. The maximum atomic E-state index is 11.0. The Morgan fingerprint density at radius 1 is 1.47 bits per heavy atom. The lowest BCUT2D eigenvalue weighted by Crippen LogP contribution is -2.11. The minimum Gasteiger partial charge on any atom is -0.481 e. The molecule has 17 heavy (non-hydrogen) atoms. The van der Waals surface area contributed by atoms with Crippen LogP contribution in [0.1, 0.15) is 40.0 Å². The fraction of sp³-hybridized carbons (Fsp3) is 0.500. The fourth-order valence-corrected chi connectivity index (χ4v) is 1.59. The van der Waals surface area contributed by atoms with Gasteiger partial charge in [-0.05, 0) is 33.6 Å². The van der Waals surface area contributed by atoms with Crippen LogP contribution in [0.4, 0.5) is 0 Å². The second kappa shape index (κ2) is 8.90.